The van der Waals surface area contributed by atoms with Gasteiger partial charge in [0.15, 0.2) is 18.1 Å². The number of amides is 1. The van der Waals surface area contributed by atoms with Crippen molar-refractivity contribution in [2.45, 2.75) is 23.7 Å². The first-order chi connectivity index (χ1) is 12.8. The molecule has 11 heteroatoms. The Balaban J connectivity index is 1.66. The van der Waals surface area contributed by atoms with Crippen molar-refractivity contribution in [2.24, 2.45) is 0 Å². The maximum absolute atomic E-state index is 12.6. The number of thioether (sulfide) groups is 1. The van der Waals surface area contributed by atoms with E-state index in [1.165, 1.54) is 23.1 Å². The van der Waals surface area contributed by atoms with Crippen LogP contribution in [0.2, 0.25) is 5.02 Å². The van der Waals surface area contributed by atoms with E-state index in [0.717, 1.165) is 5.69 Å². The lowest BCUT2D eigenvalue weighted by Crippen LogP contribution is -2.41. The molecule has 1 fully saturated rings. The van der Waals surface area contributed by atoms with Crippen molar-refractivity contribution in [1.82, 2.24) is 14.7 Å². The molecule has 1 saturated heterocycles. The van der Waals surface area contributed by atoms with Crippen molar-refractivity contribution in [2.75, 3.05) is 23.8 Å². The van der Waals surface area contributed by atoms with Crippen molar-refractivity contribution in [1.29, 1.82) is 0 Å². The van der Waals surface area contributed by atoms with Gasteiger partial charge in [0.25, 0.3) is 0 Å². The first-order valence-corrected chi connectivity index (χ1v) is 12.7. The number of carbonyl (C=O) groups excluding carboxylic acids is 1. The number of rotatable bonds is 6. The van der Waals surface area contributed by atoms with E-state index in [-0.39, 0.29) is 29.2 Å². The van der Waals surface area contributed by atoms with E-state index in [4.69, 9.17) is 23.8 Å². The molecule has 0 unspecified atom stereocenters. The van der Waals surface area contributed by atoms with E-state index in [1.807, 2.05) is 19.1 Å². The molecule has 1 aliphatic heterocycles. The predicted molar refractivity (Wildman–Crippen MR) is 112 cm³/mol. The predicted octanol–water partition coefficient (Wildman–Crippen LogP) is 3.44. The lowest BCUT2D eigenvalue weighted by Gasteiger charge is -2.26. The van der Waals surface area contributed by atoms with E-state index in [0.29, 0.717) is 26.3 Å². The summed E-state index contributed by atoms with van der Waals surface area (Å²) in [4.78, 5) is 14.2. The summed E-state index contributed by atoms with van der Waals surface area (Å²) in [5.41, 5.74) is 0.810. The third-order valence-electron chi connectivity index (χ3n) is 4.23. The Morgan fingerprint density at radius 2 is 2.15 bits per heavy atom. The number of carbonyl (C=O) groups is 1. The average Bonchev–Trinajstić information content (AvgIpc) is 3.16. The Kier molecular flexibility index (Phi) is 6.62. The third kappa shape index (κ3) is 5.11. The van der Waals surface area contributed by atoms with Gasteiger partial charge in [0.05, 0.1) is 22.9 Å². The van der Waals surface area contributed by atoms with Crippen molar-refractivity contribution in [3.63, 3.8) is 0 Å². The highest BCUT2D eigenvalue weighted by Gasteiger charge is 2.33. The average molecular weight is 464 g/mol. The number of hydrogen-bond acceptors (Lipinski definition) is 7. The van der Waals surface area contributed by atoms with E-state index in [1.54, 1.807) is 21.7 Å². The van der Waals surface area contributed by atoms with E-state index in [9.17, 15) is 13.2 Å². The molecule has 1 aromatic heterocycles. The van der Waals surface area contributed by atoms with Crippen molar-refractivity contribution >= 4 is 62.7 Å². The minimum atomic E-state index is -3.02. The minimum Gasteiger partial charge on any atom is -0.338 e. The van der Waals surface area contributed by atoms with Crippen LogP contribution in [0, 0.1) is 3.95 Å². The summed E-state index contributed by atoms with van der Waals surface area (Å²) in [7, 11) is -3.02. The minimum absolute atomic E-state index is 0.0569. The quantitative estimate of drug-likeness (QED) is 0.482. The van der Waals surface area contributed by atoms with Crippen LogP contribution < -0.4 is 0 Å². The molecule has 0 saturated carbocycles. The van der Waals surface area contributed by atoms with Crippen LogP contribution in [-0.2, 0) is 14.6 Å². The van der Waals surface area contributed by atoms with E-state index < -0.39 is 9.84 Å². The molecule has 6 nitrogen and oxygen atoms in total. The Hall–Kier alpha value is -0.940. The molecule has 2 heterocycles. The number of sulfone groups is 1. The van der Waals surface area contributed by atoms with Crippen LogP contribution in [0.25, 0.3) is 5.69 Å². The lowest BCUT2D eigenvalue weighted by molar-refractivity contribution is -0.129. The lowest BCUT2D eigenvalue weighted by atomic mass is 10.2. The Morgan fingerprint density at radius 1 is 1.44 bits per heavy atom. The number of hydrogen-bond donors (Lipinski definition) is 0. The van der Waals surface area contributed by atoms with Crippen LogP contribution in [0.1, 0.15) is 13.3 Å². The number of aromatic nitrogens is 2. The number of benzene rings is 1. The Bertz CT molecular complexity index is 985. The molecule has 0 bridgehead atoms. The summed E-state index contributed by atoms with van der Waals surface area (Å²) in [5, 5.41) is 5.11. The van der Waals surface area contributed by atoms with E-state index in [2.05, 4.69) is 5.10 Å². The maximum atomic E-state index is 12.6. The smallest absolute Gasteiger partial charge is 0.233 e. The first-order valence-electron chi connectivity index (χ1n) is 8.28. The summed E-state index contributed by atoms with van der Waals surface area (Å²) >= 11 is 13.9. The van der Waals surface area contributed by atoms with Crippen molar-refractivity contribution in [3.8, 4) is 5.69 Å². The van der Waals surface area contributed by atoms with Crippen LogP contribution in [0.3, 0.4) is 0 Å². The van der Waals surface area contributed by atoms with Gasteiger partial charge in [0.2, 0.25) is 5.91 Å². The second-order valence-corrected chi connectivity index (χ2v) is 11.6. The summed E-state index contributed by atoms with van der Waals surface area (Å²) in [5.74, 6) is 0.333. The standard InChI is InChI=1S/C16H18ClN3O3S4/c1-2-19(13-7-8-27(22,23)10-13)14(21)9-25-15-18-20(16(24)26-15)12-5-3-11(17)4-6-12/h3-6,13H,2,7-10H2,1H3/t13-/m1/s1. The zero-order chi connectivity index (χ0) is 19.6. The molecule has 1 atom stereocenters. The van der Waals surface area contributed by atoms with Gasteiger partial charge in [-0.2, -0.15) is 0 Å². The van der Waals surface area contributed by atoms with Crippen molar-refractivity contribution in [3.05, 3.63) is 33.2 Å². The summed E-state index contributed by atoms with van der Waals surface area (Å²) in [6, 6.07) is 6.97. The third-order valence-corrected chi connectivity index (χ3v) is 8.58. The van der Waals surface area contributed by atoms with Gasteiger partial charge in [-0.1, -0.05) is 34.7 Å². The zero-order valence-corrected chi connectivity index (χ0v) is 18.5. The molecule has 2 aromatic rings. The van der Waals surface area contributed by atoms with Gasteiger partial charge in [0, 0.05) is 17.6 Å². The fourth-order valence-electron chi connectivity index (χ4n) is 2.93. The molecule has 0 N–H and O–H groups in total. The van der Waals surface area contributed by atoms with Gasteiger partial charge in [0.1, 0.15) is 0 Å². The molecule has 146 valence electrons. The topological polar surface area (TPSA) is 72.3 Å². The van der Waals surface area contributed by atoms with Gasteiger partial charge in [-0.25, -0.2) is 13.1 Å². The molecule has 0 radical (unpaired) electrons. The van der Waals surface area contributed by atoms with Gasteiger partial charge in [-0.15, -0.1) is 5.10 Å². The van der Waals surface area contributed by atoms with Crippen molar-refractivity contribution < 1.29 is 13.2 Å². The molecular formula is C16H18ClN3O3S4. The van der Waals surface area contributed by atoms with Crippen LogP contribution in [0.15, 0.2) is 28.6 Å². The number of halogens is 1. The molecule has 27 heavy (non-hydrogen) atoms. The van der Waals surface area contributed by atoms with Gasteiger partial charge >= 0.3 is 0 Å². The van der Waals surface area contributed by atoms with Gasteiger partial charge < -0.3 is 4.90 Å². The second kappa shape index (κ2) is 8.60. The molecule has 1 aromatic carbocycles. The molecule has 1 amide bonds. The zero-order valence-electron chi connectivity index (χ0n) is 14.5. The normalized spacial score (nSPS) is 18.5. The second-order valence-electron chi connectivity index (χ2n) is 6.05. The molecule has 0 spiro atoms. The summed E-state index contributed by atoms with van der Waals surface area (Å²) < 4.78 is 26.3. The van der Waals surface area contributed by atoms with Gasteiger partial charge in [-0.05, 0) is 49.8 Å². The molecule has 1 aliphatic rings. The number of nitrogens with zero attached hydrogens (tertiary/aromatic N) is 3. The summed E-state index contributed by atoms with van der Waals surface area (Å²) in [6.07, 6.45) is 0.511. The fourth-order valence-corrected chi connectivity index (χ4v) is 7.03. The Morgan fingerprint density at radius 3 is 2.74 bits per heavy atom. The molecule has 3 rings (SSSR count). The highest BCUT2D eigenvalue weighted by atomic mass is 35.5. The fraction of sp³-hybridized carbons (Fsp3) is 0.438. The van der Waals surface area contributed by atoms with Crippen LogP contribution in [0.5, 0.6) is 0 Å². The van der Waals surface area contributed by atoms with Gasteiger partial charge in [-0.3, -0.25) is 4.79 Å². The highest BCUT2D eigenvalue weighted by molar-refractivity contribution is 8.01. The largest absolute Gasteiger partial charge is 0.338 e. The molecule has 0 aliphatic carbocycles. The van der Waals surface area contributed by atoms with Crippen LogP contribution >= 0.6 is 46.9 Å². The monoisotopic (exact) mass is 463 g/mol. The molecular weight excluding hydrogens is 446 g/mol. The SMILES string of the molecule is CCN(C(=O)CSc1nn(-c2ccc(Cl)cc2)c(=S)s1)[C@@H]1CCS(=O)(=O)C1. The maximum Gasteiger partial charge on any atom is 0.233 e. The van der Waals surface area contributed by atoms with Crippen LogP contribution in [-0.4, -0.2) is 58.9 Å². The summed E-state index contributed by atoms with van der Waals surface area (Å²) in [6.45, 7) is 2.36. The van der Waals surface area contributed by atoms with Crippen LogP contribution in [0.4, 0.5) is 0 Å². The highest BCUT2D eigenvalue weighted by Crippen LogP contribution is 2.26. The Labute approximate surface area is 176 Å². The first kappa shape index (κ1) is 20.8. The van der Waals surface area contributed by atoms with E-state index >= 15 is 0 Å².